The fraction of sp³-hybridized carbons (Fsp3) is 0.125. The molecule has 0 spiro atoms. The van der Waals surface area contributed by atoms with Crippen LogP contribution in [0.4, 0.5) is 0 Å². The molecule has 0 saturated heterocycles. The van der Waals surface area contributed by atoms with Crippen LogP contribution in [-0.2, 0) is 20.1 Å². The van der Waals surface area contributed by atoms with Gasteiger partial charge in [-0.15, -0.1) is 11.3 Å². The van der Waals surface area contributed by atoms with E-state index in [-0.39, 0.29) is 10.1 Å². The summed E-state index contributed by atoms with van der Waals surface area (Å²) in [6.45, 7) is 0. The van der Waals surface area contributed by atoms with Crippen molar-refractivity contribution < 1.29 is 21.0 Å². The Labute approximate surface area is 107 Å². The summed E-state index contributed by atoms with van der Waals surface area (Å²) in [5.41, 5.74) is 0.407. The van der Waals surface area contributed by atoms with E-state index in [0.29, 0.717) is 10.2 Å². The Balaban J connectivity index is 2.53. The fourth-order valence-corrected chi connectivity index (χ4v) is 3.37. The van der Waals surface area contributed by atoms with Crippen molar-refractivity contribution in [2.75, 3.05) is 6.26 Å². The smallest absolute Gasteiger partial charge is 0.306 e. The molecule has 18 heavy (non-hydrogen) atoms. The van der Waals surface area contributed by atoms with Crippen LogP contribution in [0.2, 0.25) is 0 Å². The zero-order valence-corrected chi connectivity index (χ0v) is 11.5. The van der Waals surface area contributed by atoms with Gasteiger partial charge < -0.3 is 4.18 Å². The summed E-state index contributed by atoms with van der Waals surface area (Å²) in [5.74, 6) is 0.0922. The molecule has 0 amide bonds. The first-order valence-corrected chi connectivity index (χ1v) is 8.66. The molecule has 0 bridgehead atoms. The maximum atomic E-state index is 11.1. The third kappa shape index (κ3) is 2.96. The van der Waals surface area contributed by atoms with Crippen LogP contribution in [-0.4, -0.2) is 28.1 Å². The summed E-state index contributed by atoms with van der Waals surface area (Å²) in [7, 11) is -7.49. The molecule has 1 heterocycles. The summed E-state index contributed by atoms with van der Waals surface area (Å²) >= 11 is 0.845. The van der Waals surface area contributed by atoms with Crippen LogP contribution < -0.4 is 9.32 Å². The molecule has 0 radical (unpaired) electrons. The molecule has 0 fully saturated rings. The van der Waals surface area contributed by atoms with E-state index in [1.54, 1.807) is 0 Å². The normalized spacial score (nSPS) is 12.8. The lowest BCUT2D eigenvalue weighted by molar-refractivity contribution is 0.493. The number of benzene rings is 1. The number of rotatable bonds is 3. The molecule has 0 aliphatic carbocycles. The highest BCUT2D eigenvalue weighted by atomic mass is 32.2. The number of hydrogen-bond acceptors (Lipinski definition) is 7. The van der Waals surface area contributed by atoms with Gasteiger partial charge in [0.15, 0.2) is 0 Å². The summed E-state index contributed by atoms with van der Waals surface area (Å²) in [6, 6.07) is 4.24. The molecule has 10 heteroatoms. The predicted molar refractivity (Wildman–Crippen MR) is 66.5 cm³/mol. The van der Waals surface area contributed by atoms with Crippen molar-refractivity contribution >= 4 is 41.7 Å². The van der Waals surface area contributed by atoms with E-state index in [0.717, 1.165) is 17.6 Å². The molecule has 0 saturated carbocycles. The van der Waals surface area contributed by atoms with E-state index >= 15 is 0 Å². The van der Waals surface area contributed by atoms with Crippen molar-refractivity contribution in [2.45, 2.75) is 4.34 Å². The van der Waals surface area contributed by atoms with Crippen LogP contribution in [0.3, 0.4) is 0 Å². The Hall–Kier alpha value is -1.23. The Morgan fingerprint density at radius 1 is 1.28 bits per heavy atom. The summed E-state index contributed by atoms with van der Waals surface area (Å²) < 4.78 is 49.1. The SMILES string of the molecule is CS(=O)(=O)Oc1ccc2nc(S(N)(=O)=O)sc2c1. The van der Waals surface area contributed by atoms with Crippen LogP contribution in [0.25, 0.3) is 10.2 Å². The first-order valence-electron chi connectivity index (χ1n) is 4.48. The van der Waals surface area contributed by atoms with E-state index in [1.807, 2.05) is 0 Å². The number of aromatic nitrogens is 1. The molecule has 7 nitrogen and oxygen atoms in total. The maximum absolute atomic E-state index is 11.1. The van der Waals surface area contributed by atoms with Crippen molar-refractivity contribution in [3.05, 3.63) is 18.2 Å². The minimum absolute atomic E-state index is 0.0922. The third-order valence-corrected chi connectivity index (χ3v) is 4.66. The van der Waals surface area contributed by atoms with Gasteiger partial charge in [0.1, 0.15) is 5.75 Å². The molecule has 2 rings (SSSR count). The molecular formula is C8H8N2O5S3. The summed E-state index contributed by atoms with van der Waals surface area (Å²) in [4.78, 5) is 3.82. The average molecular weight is 308 g/mol. The standard InChI is InChI=1S/C8H8N2O5S3/c1-17(11,12)15-5-2-3-6-7(4-5)16-8(10-6)18(9,13)14/h2-4H,1H3,(H2,9,13,14). The minimum atomic E-state index is -3.86. The maximum Gasteiger partial charge on any atom is 0.306 e. The number of nitrogens with zero attached hydrogens (tertiary/aromatic N) is 1. The monoisotopic (exact) mass is 308 g/mol. The van der Waals surface area contributed by atoms with Crippen LogP contribution in [0.5, 0.6) is 5.75 Å². The topological polar surface area (TPSA) is 116 Å². The first kappa shape index (κ1) is 13.2. The number of nitrogens with two attached hydrogens (primary N) is 1. The van der Waals surface area contributed by atoms with E-state index in [9.17, 15) is 16.8 Å². The van der Waals surface area contributed by atoms with E-state index in [1.165, 1.54) is 18.2 Å². The average Bonchev–Trinajstić information content (AvgIpc) is 2.57. The lowest BCUT2D eigenvalue weighted by atomic mass is 10.3. The summed E-state index contributed by atoms with van der Waals surface area (Å²) in [5, 5.41) is 4.95. The Bertz CT molecular complexity index is 806. The number of primary sulfonamides is 1. The molecule has 0 unspecified atom stereocenters. The van der Waals surface area contributed by atoms with Gasteiger partial charge in [0.25, 0.3) is 10.0 Å². The van der Waals surface area contributed by atoms with Crippen molar-refractivity contribution in [3.63, 3.8) is 0 Å². The van der Waals surface area contributed by atoms with Crippen LogP contribution >= 0.6 is 11.3 Å². The highest BCUT2D eigenvalue weighted by Gasteiger charge is 2.15. The molecule has 1 aromatic heterocycles. The minimum Gasteiger partial charge on any atom is -0.383 e. The summed E-state index contributed by atoms with van der Waals surface area (Å²) in [6.07, 6.45) is 0.916. The number of fused-ring (bicyclic) bond motifs is 1. The van der Waals surface area contributed by atoms with Gasteiger partial charge in [-0.05, 0) is 12.1 Å². The van der Waals surface area contributed by atoms with Gasteiger partial charge in [0.05, 0.1) is 16.5 Å². The van der Waals surface area contributed by atoms with Crippen molar-refractivity contribution in [3.8, 4) is 5.75 Å². The molecule has 0 aliphatic rings. The van der Waals surface area contributed by atoms with Gasteiger partial charge in [-0.25, -0.2) is 18.5 Å². The Morgan fingerprint density at radius 2 is 1.94 bits per heavy atom. The molecule has 2 N–H and O–H groups in total. The Kier molecular flexibility index (Phi) is 3.05. The second-order valence-corrected chi connectivity index (χ2v) is 7.78. The van der Waals surface area contributed by atoms with Gasteiger partial charge in [0, 0.05) is 6.07 Å². The zero-order chi connectivity index (χ0) is 13.6. The molecule has 98 valence electrons. The fourth-order valence-electron chi connectivity index (χ4n) is 1.23. The number of thiazole rings is 1. The van der Waals surface area contributed by atoms with E-state index in [2.05, 4.69) is 9.17 Å². The van der Waals surface area contributed by atoms with Gasteiger partial charge in [-0.1, -0.05) is 0 Å². The lowest BCUT2D eigenvalue weighted by Gasteiger charge is -2.01. The zero-order valence-electron chi connectivity index (χ0n) is 9.02. The predicted octanol–water partition coefficient (Wildman–Crippen LogP) is 0.282. The largest absolute Gasteiger partial charge is 0.383 e. The third-order valence-electron chi connectivity index (χ3n) is 1.83. The molecular weight excluding hydrogens is 300 g/mol. The first-order chi connectivity index (χ1) is 8.15. The van der Waals surface area contributed by atoms with Gasteiger partial charge in [-0.3, -0.25) is 0 Å². The van der Waals surface area contributed by atoms with Gasteiger partial charge in [-0.2, -0.15) is 8.42 Å². The van der Waals surface area contributed by atoms with Crippen LogP contribution in [0.1, 0.15) is 0 Å². The van der Waals surface area contributed by atoms with E-state index < -0.39 is 20.1 Å². The Morgan fingerprint density at radius 3 is 2.50 bits per heavy atom. The highest BCUT2D eigenvalue weighted by molar-refractivity contribution is 7.91. The van der Waals surface area contributed by atoms with Crippen molar-refractivity contribution in [2.24, 2.45) is 5.14 Å². The van der Waals surface area contributed by atoms with Crippen molar-refractivity contribution in [1.29, 1.82) is 0 Å². The number of hydrogen-bond donors (Lipinski definition) is 1. The molecule has 0 aliphatic heterocycles. The van der Waals surface area contributed by atoms with Gasteiger partial charge in [0.2, 0.25) is 4.34 Å². The van der Waals surface area contributed by atoms with Crippen LogP contribution in [0, 0.1) is 0 Å². The van der Waals surface area contributed by atoms with Gasteiger partial charge >= 0.3 is 10.1 Å². The number of sulfonamides is 1. The molecule has 1 aromatic carbocycles. The van der Waals surface area contributed by atoms with Crippen molar-refractivity contribution in [1.82, 2.24) is 4.98 Å². The second kappa shape index (κ2) is 4.16. The molecule has 0 atom stereocenters. The highest BCUT2D eigenvalue weighted by Crippen LogP contribution is 2.28. The quantitative estimate of drug-likeness (QED) is 0.814. The molecule has 2 aromatic rings. The van der Waals surface area contributed by atoms with Crippen LogP contribution in [0.15, 0.2) is 22.5 Å². The van der Waals surface area contributed by atoms with E-state index in [4.69, 9.17) is 5.14 Å². The lowest BCUT2D eigenvalue weighted by Crippen LogP contribution is -2.11. The second-order valence-electron chi connectivity index (χ2n) is 3.44.